The molecule has 4 nitrogen and oxygen atoms in total. The average molecular weight is 342 g/mol. The van der Waals surface area contributed by atoms with Crippen LogP contribution in [0.3, 0.4) is 0 Å². The Morgan fingerprint density at radius 3 is 2.58 bits per heavy atom. The summed E-state index contributed by atoms with van der Waals surface area (Å²) in [5, 5.41) is 4.48. The third-order valence-corrected chi connectivity index (χ3v) is 3.61. The van der Waals surface area contributed by atoms with Crippen molar-refractivity contribution < 1.29 is 9.18 Å². The van der Waals surface area contributed by atoms with Crippen LogP contribution in [0.15, 0.2) is 72.0 Å². The Bertz CT molecular complexity index is 887. The fraction of sp³-hybridized carbons (Fsp3) is 0. The number of hydrogen-bond acceptors (Lipinski definition) is 2. The molecule has 1 aromatic heterocycles. The molecule has 120 valence electrons. The Balaban J connectivity index is 1.74. The molecule has 0 unspecified atom stereocenters. The van der Waals surface area contributed by atoms with Crippen molar-refractivity contribution in [3.63, 3.8) is 0 Å². The minimum absolute atomic E-state index is 0.339. The number of rotatable bonds is 4. The van der Waals surface area contributed by atoms with Crippen LogP contribution in [0.5, 0.6) is 0 Å². The Labute approximate surface area is 143 Å². The molecule has 24 heavy (non-hydrogen) atoms. The number of hydrazone groups is 1. The molecule has 1 amide bonds. The van der Waals surface area contributed by atoms with Gasteiger partial charge < -0.3 is 4.57 Å². The van der Waals surface area contributed by atoms with Crippen LogP contribution in [-0.2, 0) is 0 Å². The third-order valence-electron chi connectivity index (χ3n) is 3.36. The summed E-state index contributed by atoms with van der Waals surface area (Å²) in [6.07, 6.45) is 3.18. The van der Waals surface area contributed by atoms with Crippen LogP contribution in [0.4, 0.5) is 4.39 Å². The molecule has 0 saturated carbocycles. The SMILES string of the molecule is O=C(N/N=C\c1cccn1-c1ccccc1F)c1ccc(Cl)cc1. The molecule has 0 radical (unpaired) electrons. The first-order valence-corrected chi connectivity index (χ1v) is 7.54. The van der Waals surface area contributed by atoms with Crippen molar-refractivity contribution in [1.82, 2.24) is 9.99 Å². The van der Waals surface area contributed by atoms with Crippen LogP contribution >= 0.6 is 11.6 Å². The van der Waals surface area contributed by atoms with Gasteiger partial charge in [0.05, 0.1) is 17.6 Å². The van der Waals surface area contributed by atoms with Crippen LogP contribution in [-0.4, -0.2) is 16.7 Å². The molecule has 1 N–H and O–H groups in total. The number of halogens is 2. The van der Waals surface area contributed by atoms with E-state index in [4.69, 9.17) is 11.6 Å². The molecule has 1 heterocycles. The lowest BCUT2D eigenvalue weighted by molar-refractivity contribution is 0.0955. The van der Waals surface area contributed by atoms with Crippen LogP contribution in [0, 0.1) is 5.82 Å². The maximum absolute atomic E-state index is 13.9. The van der Waals surface area contributed by atoms with Crippen molar-refractivity contribution >= 4 is 23.7 Å². The zero-order chi connectivity index (χ0) is 16.9. The molecule has 3 aromatic rings. The van der Waals surface area contributed by atoms with Gasteiger partial charge in [0.1, 0.15) is 5.82 Å². The summed E-state index contributed by atoms with van der Waals surface area (Å²) in [6, 6.07) is 16.4. The molecule has 0 aliphatic carbocycles. The van der Waals surface area contributed by atoms with E-state index in [9.17, 15) is 9.18 Å². The minimum Gasteiger partial charge on any atom is -0.313 e. The van der Waals surface area contributed by atoms with Crippen LogP contribution in [0.25, 0.3) is 5.69 Å². The standard InChI is InChI=1S/C18H13ClFN3O/c19-14-9-7-13(8-10-14)18(24)22-21-12-15-4-3-11-23(15)17-6-2-1-5-16(17)20/h1-12H,(H,22,24)/b21-12-. The van der Waals surface area contributed by atoms with Crippen molar-refractivity contribution in [2.75, 3.05) is 0 Å². The molecule has 0 bridgehead atoms. The Kier molecular flexibility index (Phi) is 4.72. The van der Waals surface area contributed by atoms with Gasteiger partial charge >= 0.3 is 0 Å². The lowest BCUT2D eigenvalue weighted by Gasteiger charge is -2.07. The highest BCUT2D eigenvalue weighted by atomic mass is 35.5. The van der Waals surface area contributed by atoms with E-state index in [1.165, 1.54) is 12.3 Å². The molecule has 6 heteroatoms. The quantitative estimate of drug-likeness (QED) is 0.565. The first-order valence-electron chi connectivity index (χ1n) is 7.16. The Morgan fingerprint density at radius 1 is 1.08 bits per heavy atom. The van der Waals surface area contributed by atoms with E-state index >= 15 is 0 Å². The van der Waals surface area contributed by atoms with Gasteiger partial charge in [-0.2, -0.15) is 5.10 Å². The normalized spacial score (nSPS) is 10.9. The van der Waals surface area contributed by atoms with Gasteiger partial charge in [0, 0.05) is 16.8 Å². The molecule has 0 aliphatic rings. The fourth-order valence-corrected chi connectivity index (χ4v) is 2.31. The van der Waals surface area contributed by atoms with Crippen LogP contribution < -0.4 is 5.43 Å². The average Bonchev–Trinajstić information content (AvgIpc) is 3.04. The highest BCUT2D eigenvalue weighted by Gasteiger charge is 2.07. The number of carbonyl (C=O) groups excluding carboxylic acids is 1. The summed E-state index contributed by atoms with van der Waals surface area (Å²) in [5.41, 5.74) is 3.92. The first-order chi connectivity index (χ1) is 11.6. The maximum Gasteiger partial charge on any atom is 0.271 e. The molecule has 0 fully saturated rings. The molecule has 0 spiro atoms. The zero-order valence-electron chi connectivity index (χ0n) is 12.5. The summed E-state index contributed by atoms with van der Waals surface area (Å²) in [4.78, 5) is 12.0. The lowest BCUT2D eigenvalue weighted by atomic mass is 10.2. The summed E-state index contributed by atoms with van der Waals surface area (Å²) in [5.74, 6) is -0.694. The fourth-order valence-electron chi connectivity index (χ4n) is 2.19. The van der Waals surface area contributed by atoms with Crippen LogP contribution in [0.2, 0.25) is 5.02 Å². The van der Waals surface area contributed by atoms with E-state index in [0.29, 0.717) is 22.0 Å². The number of nitrogens with zero attached hydrogens (tertiary/aromatic N) is 2. The predicted octanol–water partition coefficient (Wildman–Crippen LogP) is 4.03. The van der Waals surface area contributed by atoms with E-state index in [0.717, 1.165) is 0 Å². The summed E-state index contributed by atoms with van der Waals surface area (Å²) >= 11 is 5.78. The lowest BCUT2D eigenvalue weighted by Crippen LogP contribution is -2.17. The van der Waals surface area contributed by atoms with Crippen molar-refractivity contribution in [2.24, 2.45) is 5.10 Å². The van der Waals surface area contributed by atoms with Gasteiger partial charge in [-0.1, -0.05) is 23.7 Å². The smallest absolute Gasteiger partial charge is 0.271 e. The highest BCUT2D eigenvalue weighted by Crippen LogP contribution is 2.15. The first kappa shape index (κ1) is 16.0. The van der Waals surface area contributed by atoms with Crippen molar-refractivity contribution in [2.45, 2.75) is 0 Å². The molecule has 0 saturated heterocycles. The van der Waals surface area contributed by atoms with E-state index in [2.05, 4.69) is 10.5 Å². The summed E-state index contributed by atoms with van der Waals surface area (Å²) in [6.45, 7) is 0. The minimum atomic E-state index is -0.355. The topological polar surface area (TPSA) is 46.4 Å². The Hall–Kier alpha value is -2.92. The van der Waals surface area contributed by atoms with Crippen LogP contribution in [0.1, 0.15) is 16.1 Å². The second kappa shape index (κ2) is 7.10. The van der Waals surface area contributed by atoms with Gasteiger partial charge in [-0.25, -0.2) is 9.82 Å². The van der Waals surface area contributed by atoms with Crippen molar-refractivity contribution in [3.05, 3.63) is 89.0 Å². The monoisotopic (exact) mass is 341 g/mol. The van der Waals surface area contributed by atoms with Gasteiger partial charge in [0.15, 0.2) is 0 Å². The third kappa shape index (κ3) is 3.52. The number of carbonyl (C=O) groups is 1. The summed E-state index contributed by atoms with van der Waals surface area (Å²) in [7, 11) is 0. The summed E-state index contributed by atoms with van der Waals surface area (Å²) < 4.78 is 15.5. The second-order valence-corrected chi connectivity index (χ2v) is 5.40. The maximum atomic E-state index is 13.9. The van der Waals surface area contributed by atoms with E-state index in [1.807, 2.05) is 0 Å². The molecular weight excluding hydrogens is 329 g/mol. The number of amides is 1. The van der Waals surface area contributed by atoms with E-state index in [-0.39, 0.29) is 11.7 Å². The highest BCUT2D eigenvalue weighted by molar-refractivity contribution is 6.30. The van der Waals surface area contributed by atoms with E-state index in [1.54, 1.807) is 65.4 Å². The van der Waals surface area contributed by atoms with Gasteiger partial charge in [-0.05, 0) is 48.5 Å². The number of para-hydroxylation sites is 1. The second-order valence-electron chi connectivity index (χ2n) is 4.96. The number of aromatic nitrogens is 1. The number of nitrogens with one attached hydrogen (secondary N) is 1. The zero-order valence-corrected chi connectivity index (χ0v) is 13.2. The Morgan fingerprint density at radius 2 is 1.83 bits per heavy atom. The van der Waals surface area contributed by atoms with Gasteiger partial charge in [-0.15, -0.1) is 0 Å². The molecule has 3 rings (SSSR count). The predicted molar refractivity (Wildman–Crippen MR) is 92.2 cm³/mol. The molecule has 0 aliphatic heterocycles. The van der Waals surface area contributed by atoms with Gasteiger partial charge in [-0.3, -0.25) is 4.79 Å². The molecular formula is C18H13ClFN3O. The molecule has 0 atom stereocenters. The number of hydrogen-bond donors (Lipinski definition) is 1. The molecule has 2 aromatic carbocycles. The largest absolute Gasteiger partial charge is 0.313 e. The number of benzene rings is 2. The van der Waals surface area contributed by atoms with Crippen molar-refractivity contribution in [1.29, 1.82) is 0 Å². The van der Waals surface area contributed by atoms with Gasteiger partial charge in [0.25, 0.3) is 5.91 Å². The van der Waals surface area contributed by atoms with Gasteiger partial charge in [0.2, 0.25) is 0 Å². The van der Waals surface area contributed by atoms with Crippen molar-refractivity contribution in [3.8, 4) is 5.69 Å². The van der Waals surface area contributed by atoms with E-state index < -0.39 is 0 Å².